The highest BCUT2D eigenvalue weighted by Gasteiger charge is 2.18. The summed E-state index contributed by atoms with van der Waals surface area (Å²) in [7, 11) is 1.55. The molecule has 4 rings (SSSR count). The number of amides is 1. The lowest BCUT2D eigenvalue weighted by Gasteiger charge is -2.17. The van der Waals surface area contributed by atoms with Crippen molar-refractivity contribution in [2.24, 2.45) is 0 Å². The van der Waals surface area contributed by atoms with Gasteiger partial charge in [0.15, 0.2) is 5.82 Å². The topological polar surface area (TPSA) is 81.1 Å². The van der Waals surface area contributed by atoms with Gasteiger partial charge in [0.25, 0.3) is 0 Å². The molecule has 162 valence electrons. The Bertz CT molecular complexity index is 1080. The van der Waals surface area contributed by atoms with Crippen LogP contribution in [0.4, 0.5) is 11.4 Å². The van der Waals surface area contributed by atoms with Gasteiger partial charge in [-0.05, 0) is 50.1 Å². The number of anilines is 2. The Labute approximate surface area is 186 Å². The van der Waals surface area contributed by atoms with Crippen LogP contribution >= 0.6 is 11.6 Å². The molecular weight excluding hydrogens is 414 g/mol. The molecule has 2 heterocycles. The maximum Gasteiger partial charge on any atom is 0.246 e. The summed E-state index contributed by atoms with van der Waals surface area (Å²) >= 11 is 6.06. The normalized spacial score (nSPS) is 14.3. The minimum absolute atomic E-state index is 0.192. The maximum atomic E-state index is 12.7. The molecule has 0 saturated heterocycles. The number of ether oxygens (including phenoxy) is 1. The standard InChI is InChI=1S/C23H26ClN5O2/c1-15(23(30)26-19-14-17(24)10-11-20(19)31-2)25-18-8-6-7-16(13-18)22-28-27-21-9-4-3-5-12-29(21)22/h6-8,10-11,13-15,25H,3-5,9,12H2,1-2H3,(H,26,30)/t15-/m0/s1. The fraction of sp³-hybridized carbons (Fsp3) is 0.348. The number of benzene rings is 2. The number of carbonyl (C=O) groups excluding carboxylic acids is 1. The van der Waals surface area contributed by atoms with Crippen molar-refractivity contribution in [2.45, 2.75) is 45.2 Å². The fourth-order valence-corrected chi connectivity index (χ4v) is 3.95. The Hall–Kier alpha value is -3.06. The van der Waals surface area contributed by atoms with E-state index in [1.165, 1.54) is 6.42 Å². The van der Waals surface area contributed by atoms with Crippen molar-refractivity contribution in [3.63, 3.8) is 0 Å². The summed E-state index contributed by atoms with van der Waals surface area (Å²) in [5, 5.41) is 15.5. The number of rotatable bonds is 6. The number of nitrogens with zero attached hydrogens (tertiary/aromatic N) is 3. The molecule has 0 radical (unpaired) electrons. The summed E-state index contributed by atoms with van der Waals surface area (Å²) in [5.74, 6) is 2.29. The minimum Gasteiger partial charge on any atom is -0.495 e. The summed E-state index contributed by atoms with van der Waals surface area (Å²) in [5.41, 5.74) is 2.35. The highest BCUT2D eigenvalue weighted by atomic mass is 35.5. The third-order valence-corrected chi connectivity index (χ3v) is 5.66. The predicted molar refractivity (Wildman–Crippen MR) is 123 cm³/mol. The van der Waals surface area contributed by atoms with E-state index in [0.717, 1.165) is 48.7 Å². The van der Waals surface area contributed by atoms with Crippen molar-refractivity contribution in [1.82, 2.24) is 14.8 Å². The molecule has 1 atom stereocenters. The van der Waals surface area contributed by atoms with Gasteiger partial charge in [-0.3, -0.25) is 4.79 Å². The van der Waals surface area contributed by atoms with E-state index in [2.05, 4.69) is 25.4 Å². The first-order valence-corrected chi connectivity index (χ1v) is 10.9. The van der Waals surface area contributed by atoms with Gasteiger partial charge in [0.05, 0.1) is 12.8 Å². The number of aryl methyl sites for hydroxylation is 1. The van der Waals surface area contributed by atoms with Crippen LogP contribution in [0.15, 0.2) is 42.5 Å². The quantitative estimate of drug-likeness (QED) is 0.578. The molecule has 0 spiro atoms. The number of carbonyl (C=O) groups is 1. The molecule has 0 aliphatic carbocycles. The summed E-state index contributed by atoms with van der Waals surface area (Å²) in [4.78, 5) is 12.7. The Kier molecular flexibility index (Phi) is 6.42. The largest absolute Gasteiger partial charge is 0.495 e. The molecule has 3 aromatic rings. The van der Waals surface area contributed by atoms with Crippen molar-refractivity contribution in [2.75, 3.05) is 17.7 Å². The van der Waals surface area contributed by atoms with Crippen molar-refractivity contribution in [3.8, 4) is 17.1 Å². The van der Waals surface area contributed by atoms with Gasteiger partial charge in [-0.15, -0.1) is 10.2 Å². The summed E-state index contributed by atoms with van der Waals surface area (Å²) < 4.78 is 7.52. The fourth-order valence-electron chi connectivity index (χ4n) is 3.78. The third-order valence-electron chi connectivity index (χ3n) is 5.43. The third kappa shape index (κ3) is 4.82. The molecule has 1 aliphatic rings. The zero-order chi connectivity index (χ0) is 21.8. The minimum atomic E-state index is -0.477. The van der Waals surface area contributed by atoms with Crippen LogP contribution in [0.2, 0.25) is 5.02 Å². The van der Waals surface area contributed by atoms with Crippen molar-refractivity contribution < 1.29 is 9.53 Å². The van der Waals surface area contributed by atoms with Crippen LogP contribution in [-0.2, 0) is 17.8 Å². The molecular formula is C23H26ClN5O2. The molecule has 2 N–H and O–H groups in total. The lowest BCUT2D eigenvalue weighted by atomic mass is 10.1. The average molecular weight is 440 g/mol. The van der Waals surface area contributed by atoms with Crippen LogP contribution in [0.3, 0.4) is 0 Å². The molecule has 0 bridgehead atoms. The molecule has 0 unspecified atom stereocenters. The van der Waals surface area contributed by atoms with Gasteiger partial charge >= 0.3 is 0 Å². The summed E-state index contributed by atoms with van der Waals surface area (Å²) in [6.07, 6.45) is 4.48. The van der Waals surface area contributed by atoms with Gasteiger partial charge in [-0.2, -0.15) is 0 Å². The molecule has 8 heteroatoms. The number of hydrogen-bond acceptors (Lipinski definition) is 5. The van der Waals surface area contributed by atoms with Crippen LogP contribution in [0.1, 0.15) is 32.0 Å². The number of hydrogen-bond donors (Lipinski definition) is 2. The van der Waals surface area contributed by atoms with E-state index in [1.54, 1.807) is 25.3 Å². The highest BCUT2D eigenvalue weighted by molar-refractivity contribution is 6.31. The van der Waals surface area contributed by atoms with Crippen molar-refractivity contribution >= 4 is 28.9 Å². The van der Waals surface area contributed by atoms with E-state index < -0.39 is 6.04 Å². The Morgan fingerprint density at radius 1 is 1.16 bits per heavy atom. The Morgan fingerprint density at radius 3 is 2.87 bits per heavy atom. The SMILES string of the molecule is COc1ccc(Cl)cc1NC(=O)[C@H](C)Nc1cccc(-c2nnc3n2CCCCC3)c1. The van der Waals surface area contributed by atoms with Gasteiger partial charge in [-0.1, -0.05) is 30.2 Å². The number of methoxy groups -OCH3 is 1. The van der Waals surface area contributed by atoms with Gasteiger partial charge in [0.1, 0.15) is 17.6 Å². The lowest BCUT2D eigenvalue weighted by molar-refractivity contribution is -0.116. The summed E-state index contributed by atoms with van der Waals surface area (Å²) in [6.45, 7) is 2.75. The van der Waals surface area contributed by atoms with Crippen LogP contribution in [0, 0.1) is 0 Å². The van der Waals surface area contributed by atoms with E-state index in [4.69, 9.17) is 16.3 Å². The van der Waals surface area contributed by atoms with Crippen molar-refractivity contribution in [3.05, 3.63) is 53.3 Å². The maximum absolute atomic E-state index is 12.7. The lowest BCUT2D eigenvalue weighted by Crippen LogP contribution is -2.32. The Morgan fingerprint density at radius 2 is 2.03 bits per heavy atom. The van der Waals surface area contributed by atoms with E-state index in [9.17, 15) is 4.79 Å². The molecule has 1 aromatic heterocycles. The number of nitrogens with one attached hydrogen (secondary N) is 2. The zero-order valence-electron chi connectivity index (χ0n) is 17.7. The van der Waals surface area contributed by atoms with E-state index in [1.807, 2.05) is 31.2 Å². The van der Waals surface area contributed by atoms with Crippen LogP contribution in [0.5, 0.6) is 5.75 Å². The van der Waals surface area contributed by atoms with E-state index in [0.29, 0.717) is 16.5 Å². The molecule has 2 aromatic carbocycles. The second-order valence-corrected chi connectivity index (χ2v) is 8.12. The number of halogens is 1. The van der Waals surface area contributed by atoms with Crippen LogP contribution in [-0.4, -0.2) is 33.8 Å². The molecule has 0 saturated carbocycles. The Balaban J connectivity index is 1.48. The second-order valence-electron chi connectivity index (χ2n) is 7.68. The van der Waals surface area contributed by atoms with Gasteiger partial charge in [-0.25, -0.2) is 0 Å². The molecule has 1 amide bonds. The first-order chi connectivity index (χ1) is 15.0. The van der Waals surface area contributed by atoms with Crippen LogP contribution in [0.25, 0.3) is 11.4 Å². The monoisotopic (exact) mass is 439 g/mol. The smallest absolute Gasteiger partial charge is 0.246 e. The number of aromatic nitrogens is 3. The second kappa shape index (κ2) is 9.39. The first kappa shape index (κ1) is 21.2. The van der Waals surface area contributed by atoms with Gasteiger partial charge in [0.2, 0.25) is 5.91 Å². The predicted octanol–water partition coefficient (Wildman–Crippen LogP) is 4.77. The van der Waals surface area contributed by atoms with Gasteiger partial charge < -0.3 is 19.9 Å². The first-order valence-electron chi connectivity index (χ1n) is 10.5. The van der Waals surface area contributed by atoms with E-state index >= 15 is 0 Å². The van der Waals surface area contributed by atoms with Gasteiger partial charge in [0, 0.05) is 29.2 Å². The zero-order valence-corrected chi connectivity index (χ0v) is 18.4. The number of fused-ring (bicyclic) bond motifs is 1. The summed E-state index contributed by atoms with van der Waals surface area (Å²) in [6, 6.07) is 12.6. The molecule has 31 heavy (non-hydrogen) atoms. The molecule has 0 fully saturated rings. The average Bonchev–Trinajstić information content (AvgIpc) is 3.02. The van der Waals surface area contributed by atoms with E-state index in [-0.39, 0.29) is 5.91 Å². The molecule has 1 aliphatic heterocycles. The van der Waals surface area contributed by atoms with Crippen molar-refractivity contribution in [1.29, 1.82) is 0 Å². The highest BCUT2D eigenvalue weighted by Crippen LogP contribution is 2.28. The van der Waals surface area contributed by atoms with Crippen LogP contribution < -0.4 is 15.4 Å². The molecule has 7 nitrogen and oxygen atoms in total.